The summed E-state index contributed by atoms with van der Waals surface area (Å²) in [5, 5.41) is 9.22. The first kappa shape index (κ1) is 14.6. The van der Waals surface area contributed by atoms with Gasteiger partial charge in [-0.25, -0.2) is 4.79 Å². The van der Waals surface area contributed by atoms with Crippen molar-refractivity contribution < 1.29 is 14.6 Å². The molecule has 0 aromatic heterocycles. The SMILES string of the molecule is O=C(O)c1ccc(-c2ccccc2)c(OC2CCCCC2)c1. The molecule has 0 heterocycles. The molecule has 1 aliphatic rings. The summed E-state index contributed by atoms with van der Waals surface area (Å²) in [6.45, 7) is 0. The van der Waals surface area contributed by atoms with Gasteiger partial charge in [-0.3, -0.25) is 0 Å². The van der Waals surface area contributed by atoms with Gasteiger partial charge in [0.15, 0.2) is 0 Å². The molecular weight excluding hydrogens is 276 g/mol. The average molecular weight is 296 g/mol. The third-order valence-electron chi connectivity index (χ3n) is 4.16. The molecule has 1 fully saturated rings. The number of carboxylic acid groups (broad SMARTS) is 1. The van der Waals surface area contributed by atoms with Crippen LogP contribution in [0.2, 0.25) is 0 Å². The van der Waals surface area contributed by atoms with E-state index in [1.54, 1.807) is 12.1 Å². The fraction of sp³-hybridized carbons (Fsp3) is 0.316. The zero-order chi connectivity index (χ0) is 15.4. The second kappa shape index (κ2) is 6.65. The predicted molar refractivity (Wildman–Crippen MR) is 86.3 cm³/mol. The van der Waals surface area contributed by atoms with E-state index in [4.69, 9.17) is 4.74 Å². The monoisotopic (exact) mass is 296 g/mol. The summed E-state index contributed by atoms with van der Waals surface area (Å²) in [6.07, 6.45) is 5.92. The highest BCUT2D eigenvalue weighted by atomic mass is 16.5. The van der Waals surface area contributed by atoms with Crippen LogP contribution in [0.25, 0.3) is 11.1 Å². The molecule has 1 saturated carbocycles. The lowest BCUT2D eigenvalue weighted by Crippen LogP contribution is -2.20. The van der Waals surface area contributed by atoms with Crippen LogP contribution in [0.1, 0.15) is 42.5 Å². The number of ether oxygens (including phenoxy) is 1. The van der Waals surface area contributed by atoms with Gasteiger partial charge in [-0.05, 0) is 49.4 Å². The average Bonchev–Trinajstić information content (AvgIpc) is 2.56. The smallest absolute Gasteiger partial charge is 0.335 e. The van der Waals surface area contributed by atoms with Crippen LogP contribution in [0, 0.1) is 0 Å². The molecule has 1 N–H and O–H groups in total. The van der Waals surface area contributed by atoms with Crippen LogP contribution < -0.4 is 4.74 Å². The molecule has 3 rings (SSSR count). The van der Waals surface area contributed by atoms with Crippen molar-refractivity contribution in [3.63, 3.8) is 0 Å². The minimum Gasteiger partial charge on any atom is -0.490 e. The number of aromatic carboxylic acids is 1. The highest BCUT2D eigenvalue weighted by Gasteiger charge is 2.18. The van der Waals surface area contributed by atoms with Crippen LogP contribution in [0.3, 0.4) is 0 Å². The molecule has 0 unspecified atom stereocenters. The standard InChI is InChI=1S/C19H20O3/c20-19(21)15-11-12-17(14-7-3-1-4-8-14)18(13-15)22-16-9-5-2-6-10-16/h1,3-4,7-8,11-13,16H,2,5-6,9-10H2,(H,20,21). The fourth-order valence-corrected chi connectivity index (χ4v) is 2.97. The Labute approximate surface area is 130 Å². The fourth-order valence-electron chi connectivity index (χ4n) is 2.97. The molecule has 3 nitrogen and oxygen atoms in total. The molecule has 0 saturated heterocycles. The van der Waals surface area contributed by atoms with Gasteiger partial charge in [0, 0.05) is 5.56 Å². The first-order valence-electron chi connectivity index (χ1n) is 7.83. The van der Waals surface area contributed by atoms with Crippen molar-refractivity contribution in [3.8, 4) is 16.9 Å². The summed E-state index contributed by atoms with van der Waals surface area (Å²) < 4.78 is 6.17. The minimum atomic E-state index is -0.923. The Bertz CT molecular complexity index is 643. The lowest BCUT2D eigenvalue weighted by atomic mass is 9.97. The zero-order valence-corrected chi connectivity index (χ0v) is 12.5. The molecule has 3 heteroatoms. The van der Waals surface area contributed by atoms with Gasteiger partial charge in [0.05, 0.1) is 11.7 Å². The molecule has 0 spiro atoms. The van der Waals surface area contributed by atoms with Crippen LogP contribution in [-0.4, -0.2) is 17.2 Å². The molecule has 2 aromatic rings. The van der Waals surface area contributed by atoms with Gasteiger partial charge in [0.2, 0.25) is 0 Å². The number of rotatable bonds is 4. The summed E-state index contributed by atoms with van der Waals surface area (Å²) in [5.74, 6) is -0.244. The van der Waals surface area contributed by atoms with E-state index in [9.17, 15) is 9.90 Å². The number of hydrogen-bond donors (Lipinski definition) is 1. The number of carbonyl (C=O) groups is 1. The molecule has 114 valence electrons. The van der Waals surface area contributed by atoms with Crippen molar-refractivity contribution in [2.24, 2.45) is 0 Å². The second-order valence-corrected chi connectivity index (χ2v) is 5.76. The maximum atomic E-state index is 11.2. The Kier molecular flexibility index (Phi) is 4.42. The van der Waals surface area contributed by atoms with Gasteiger partial charge < -0.3 is 9.84 Å². The van der Waals surface area contributed by atoms with Crippen LogP contribution in [-0.2, 0) is 0 Å². The van der Waals surface area contributed by atoms with E-state index in [1.165, 1.54) is 19.3 Å². The van der Waals surface area contributed by atoms with Crippen molar-refractivity contribution in [2.45, 2.75) is 38.2 Å². The number of carboxylic acids is 1. The normalized spacial score (nSPS) is 15.5. The first-order chi connectivity index (χ1) is 10.7. The van der Waals surface area contributed by atoms with Crippen LogP contribution in [0.15, 0.2) is 48.5 Å². The van der Waals surface area contributed by atoms with E-state index in [-0.39, 0.29) is 11.7 Å². The molecule has 0 bridgehead atoms. The van der Waals surface area contributed by atoms with Gasteiger partial charge in [0.1, 0.15) is 5.75 Å². The summed E-state index contributed by atoms with van der Waals surface area (Å²) in [7, 11) is 0. The largest absolute Gasteiger partial charge is 0.490 e. The van der Waals surface area contributed by atoms with Crippen LogP contribution in [0.4, 0.5) is 0 Å². The van der Waals surface area contributed by atoms with Gasteiger partial charge in [0.25, 0.3) is 0 Å². The van der Waals surface area contributed by atoms with Gasteiger partial charge in [-0.2, -0.15) is 0 Å². The van der Waals surface area contributed by atoms with Crippen molar-refractivity contribution >= 4 is 5.97 Å². The topological polar surface area (TPSA) is 46.5 Å². The Balaban J connectivity index is 1.95. The van der Waals surface area contributed by atoms with E-state index in [0.29, 0.717) is 5.75 Å². The minimum absolute atomic E-state index is 0.195. The van der Waals surface area contributed by atoms with Crippen molar-refractivity contribution in [3.05, 3.63) is 54.1 Å². The molecule has 0 amide bonds. The first-order valence-corrected chi connectivity index (χ1v) is 7.83. The molecule has 1 aliphatic carbocycles. The van der Waals surface area contributed by atoms with Crippen LogP contribution >= 0.6 is 0 Å². The lowest BCUT2D eigenvalue weighted by Gasteiger charge is -2.24. The van der Waals surface area contributed by atoms with Crippen LogP contribution in [0.5, 0.6) is 5.75 Å². The van der Waals surface area contributed by atoms with E-state index in [0.717, 1.165) is 24.0 Å². The van der Waals surface area contributed by atoms with E-state index in [2.05, 4.69) is 0 Å². The highest BCUT2D eigenvalue weighted by Crippen LogP contribution is 2.33. The third-order valence-corrected chi connectivity index (χ3v) is 4.16. The summed E-state index contributed by atoms with van der Waals surface area (Å²) >= 11 is 0. The maximum Gasteiger partial charge on any atom is 0.335 e. The molecular formula is C19H20O3. The van der Waals surface area contributed by atoms with Crippen molar-refractivity contribution in [1.29, 1.82) is 0 Å². The molecule has 0 aliphatic heterocycles. The van der Waals surface area contributed by atoms with E-state index in [1.807, 2.05) is 36.4 Å². The summed E-state index contributed by atoms with van der Waals surface area (Å²) in [6, 6.07) is 15.1. The summed E-state index contributed by atoms with van der Waals surface area (Å²) in [4.78, 5) is 11.2. The number of benzene rings is 2. The van der Waals surface area contributed by atoms with Crippen molar-refractivity contribution in [1.82, 2.24) is 0 Å². The van der Waals surface area contributed by atoms with Crippen molar-refractivity contribution in [2.75, 3.05) is 0 Å². The molecule has 2 aromatic carbocycles. The molecule has 22 heavy (non-hydrogen) atoms. The number of hydrogen-bond acceptors (Lipinski definition) is 2. The lowest BCUT2D eigenvalue weighted by molar-refractivity contribution is 0.0695. The zero-order valence-electron chi connectivity index (χ0n) is 12.5. The Hall–Kier alpha value is -2.29. The Morgan fingerprint density at radius 2 is 1.73 bits per heavy atom. The summed E-state index contributed by atoms with van der Waals surface area (Å²) in [5.41, 5.74) is 2.27. The van der Waals surface area contributed by atoms with E-state index < -0.39 is 5.97 Å². The third kappa shape index (κ3) is 3.30. The molecule has 0 atom stereocenters. The highest BCUT2D eigenvalue weighted by molar-refractivity contribution is 5.89. The Morgan fingerprint density at radius 1 is 1.00 bits per heavy atom. The molecule has 0 radical (unpaired) electrons. The van der Waals surface area contributed by atoms with Gasteiger partial charge in [-0.15, -0.1) is 0 Å². The van der Waals surface area contributed by atoms with Gasteiger partial charge in [-0.1, -0.05) is 36.8 Å². The quantitative estimate of drug-likeness (QED) is 0.884. The van der Waals surface area contributed by atoms with E-state index >= 15 is 0 Å². The Morgan fingerprint density at radius 3 is 2.41 bits per heavy atom. The van der Waals surface area contributed by atoms with Gasteiger partial charge >= 0.3 is 5.97 Å². The predicted octanol–water partition coefficient (Wildman–Crippen LogP) is 4.76. The second-order valence-electron chi connectivity index (χ2n) is 5.76. The maximum absolute atomic E-state index is 11.2.